The molecular weight excluding hydrogens is 919 g/mol. The molecule has 10 nitrogen and oxygen atoms in total. The van der Waals surface area contributed by atoms with Gasteiger partial charge in [0.1, 0.15) is 22.8 Å². The van der Waals surface area contributed by atoms with Crippen molar-refractivity contribution in [2.45, 2.75) is 108 Å². The molecular formula is C56H61ClF3N3O7. The van der Waals surface area contributed by atoms with Crippen molar-refractivity contribution in [1.29, 1.82) is 0 Å². The number of anilines is 1. The topological polar surface area (TPSA) is 116 Å². The van der Waals surface area contributed by atoms with Crippen LogP contribution in [0.15, 0.2) is 103 Å². The number of halogens is 4. The highest BCUT2D eigenvalue weighted by Gasteiger charge is 2.60. The highest BCUT2D eigenvalue weighted by Crippen LogP contribution is 2.58. The largest absolute Gasteiger partial charge is 0.497 e. The summed E-state index contributed by atoms with van der Waals surface area (Å²) in [6, 6.07) is 29.2. The van der Waals surface area contributed by atoms with E-state index in [4.69, 9.17) is 30.5 Å². The van der Waals surface area contributed by atoms with Gasteiger partial charge in [-0.3, -0.25) is 19.5 Å². The van der Waals surface area contributed by atoms with E-state index in [0.717, 1.165) is 77.8 Å². The molecule has 1 spiro atoms. The summed E-state index contributed by atoms with van der Waals surface area (Å²) in [4.78, 5) is 45.8. The molecule has 1 saturated carbocycles. The van der Waals surface area contributed by atoms with Crippen LogP contribution in [0.1, 0.15) is 99.1 Å². The number of hydrogen-bond acceptors (Lipinski definition) is 8. The zero-order chi connectivity index (χ0) is 49.6. The van der Waals surface area contributed by atoms with Crippen molar-refractivity contribution < 1.29 is 46.5 Å². The molecule has 1 N–H and O–H groups in total. The minimum absolute atomic E-state index is 0.0299. The smallest absolute Gasteiger partial charge is 0.471 e. The molecule has 370 valence electrons. The Kier molecular flexibility index (Phi) is 15.5. The van der Waals surface area contributed by atoms with E-state index in [1.165, 1.54) is 29.8 Å². The normalized spacial score (nSPS) is 21.0. The number of aromatic nitrogens is 1. The van der Waals surface area contributed by atoms with Gasteiger partial charge >= 0.3 is 18.1 Å². The SMILES string of the molecule is COC(=O)C1(N(C(=O)C(F)(F)F)c2cccc(Cl)c2)CCC2(CC1)c1cc(OCCCNC(=O)Cc3cccc(-c4ccc(OC)cc4)c3)ccc1C[C@@H]2C[C@@H](C)COc1ccnc2c1[C@H](C)CCC2. The molecule has 5 aromatic rings. The number of rotatable bonds is 17. The van der Waals surface area contributed by atoms with Crippen LogP contribution < -0.4 is 24.4 Å². The number of hydrogen-bond donors (Lipinski definition) is 1. The Morgan fingerprint density at radius 1 is 0.900 bits per heavy atom. The highest BCUT2D eigenvalue weighted by molar-refractivity contribution is 6.31. The van der Waals surface area contributed by atoms with E-state index in [1.54, 1.807) is 7.11 Å². The first-order valence-electron chi connectivity index (χ1n) is 24.3. The summed E-state index contributed by atoms with van der Waals surface area (Å²) >= 11 is 6.29. The second-order valence-corrected chi connectivity index (χ2v) is 19.7. The fourth-order valence-electron chi connectivity index (χ4n) is 11.3. The molecule has 0 saturated heterocycles. The number of nitrogens with one attached hydrogen (secondary N) is 1. The van der Waals surface area contributed by atoms with Gasteiger partial charge in [0.25, 0.3) is 0 Å². The number of alkyl halides is 3. The number of amides is 2. The first kappa shape index (κ1) is 50.3. The predicted molar refractivity (Wildman–Crippen MR) is 264 cm³/mol. The third kappa shape index (κ3) is 10.8. The van der Waals surface area contributed by atoms with E-state index in [2.05, 4.69) is 30.2 Å². The second-order valence-electron chi connectivity index (χ2n) is 19.3. The zero-order valence-electron chi connectivity index (χ0n) is 40.2. The van der Waals surface area contributed by atoms with Crippen LogP contribution in [0.3, 0.4) is 0 Å². The molecule has 1 aromatic heterocycles. The minimum Gasteiger partial charge on any atom is -0.497 e. The zero-order valence-corrected chi connectivity index (χ0v) is 41.0. The van der Waals surface area contributed by atoms with Crippen molar-refractivity contribution in [2.75, 3.05) is 38.9 Å². The molecule has 4 aromatic carbocycles. The van der Waals surface area contributed by atoms with Crippen LogP contribution >= 0.6 is 11.6 Å². The Labute approximate surface area is 413 Å². The molecule has 1 heterocycles. The van der Waals surface area contributed by atoms with Gasteiger partial charge in [-0.05, 0) is 164 Å². The molecule has 8 rings (SSSR count). The number of aryl methyl sites for hydroxylation is 1. The third-order valence-corrected chi connectivity index (χ3v) is 15.0. The maximum Gasteiger partial charge on any atom is 0.471 e. The van der Waals surface area contributed by atoms with Crippen molar-refractivity contribution in [3.63, 3.8) is 0 Å². The minimum atomic E-state index is -5.29. The fourth-order valence-corrected chi connectivity index (χ4v) is 11.5. The average Bonchev–Trinajstić information content (AvgIpc) is 3.64. The van der Waals surface area contributed by atoms with Gasteiger partial charge in [-0.15, -0.1) is 0 Å². The third-order valence-electron chi connectivity index (χ3n) is 14.8. The van der Waals surface area contributed by atoms with Crippen LogP contribution in [0.25, 0.3) is 11.1 Å². The molecule has 14 heteroatoms. The van der Waals surface area contributed by atoms with Gasteiger partial charge in [-0.1, -0.05) is 74.0 Å². The van der Waals surface area contributed by atoms with Crippen LogP contribution in [-0.2, 0) is 43.8 Å². The van der Waals surface area contributed by atoms with Gasteiger partial charge < -0.3 is 24.3 Å². The number of carbonyl (C=O) groups excluding carboxylic acids is 3. The van der Waals surface area contributed by atoms with E-state index in [1.807, 2.05) is 72.9 Å². The van der Waals surface area contributed by atoms with Gasteiger partial charge in [0.2, 0.25) is 5.91 Å². The predicted octanol–water partition coefficient (Wildman–Crippen LogP) is 11.6. The average molecular weight is 981 g/mol. The van der Waals surface area contributed by atoms with Crippen molar-refractivity contribution >= 4 is 35.1 Å². The van der Waals surface area contributed by atoms with Gasteiger partial charge in [0.15, 0.2) is 0 Å². The molecule has 70 heavy (non-hydrogen) atoms. The molecule has 2 amide bonds. The van der Waals surface area contributed by atoms with Crippen LogP contribution in [0.2, 0.25) is 5.02 Å². The summed E-state index contributed by atoms with van der Waals surface area (Å²) in [5.74, 6) is -0.453. The molecule has 0 aliphatic heterocycles. The number of benzene rings is 4. The van der Waals surface area contributed by atoms with Gasteiger partial charge in [0, 0.05) is 34.7 Å². The number of carbonyl (C=O) groups is 3. The summed E-state index contributed by atoms with van der Waals surface area (Å²) in [7, 11) is 2.76. The first-order chi connectivity index (χ1) is 33.6. The van der Waals surface area contributed by atoms with E-state index in [9.17, 15) is 27.6 Å². The monoisotopic (exact) mass is 979 g/mol. The number of pyridine rings is 1. The number of methoxy groups -OCH3 is 2. The standard InChI is InChI=1S/C56H61ClF3N3O7/c1-36(35-70-49-21-27-61-48-14-5-9-37(2)51(48)49)29-42-32-41-17-20-46(69-28-8-26-62-50(64)31-38-10-6-11-40(30-38)39-15-18-45(67-3)19-16-39)34-47(41)54(42)22-24-55(25-23-54,53(66)68-4)63(52(65)56(58,59)60)44-13-7-12-43(57)33-44/h6-7,10-13,15-21,27,30,33-34,36-37,42H,5,8-9,14,22-26,28-29,31-32,35H2,1-4H3,(H,62,64)/t36-,37-,42+,54?,55?/m1/s1. The number of fused-ring (bicyclic) bond motifs is 3. The van der Waals surface area contributed by atoms with Crippen molar-refractivity contribution in [1.82, 2.24) is 10.3 Å². The molecule has 0 bridgehead atoms. The van der Waals surface area contributed by atoms with Gasteiger partial charge in [-0.2, -0.15) is 13.2 Å². The summed E-state index contributed by atoms with van der Waals surface area (Å²) in [6.07, 6.45) is 2.26. The molecule has 0 radical (unpaired) electrons. The number of ether oxygens (including phenoxy) is 4. The van der Waals surface area contributed by atoms with Gasteiger partial charge in [-0.25, -0.2) is 4.79 Å². The fraction of sp³-hybridized carbons (Fsp3) is 0.429. The van der Waals surface area contributed by atoms with Crippen LogP contribution in [0.4, 0.5) is 18.9 Å². The van der Waals surface area contributed by atoms with E-state index >= 15 is 0 Å². The number of esters is 1. The van der Waals surface area contributed by atoms with E-state index < -0.39 is 29.0 Å². The van der Waals surface area contributed by atoms with E-state index in [-0.39, 0.29) is 47.7 Å². The molecule has 0 unspecified atom stereocenters. The molecule has 1 fully saturated rings. The van der Waals surface area contributed by atoms with Crippen LogP contribution in [0.5, 0.6) is 17.2 Å². The Morgan fingerprint density at radius 2 is 1.66 bits per heavy atom. The van der Waals surface area contributed by atoms with Crippen molar-refractivity contribution in [2.24, 2.45) is 11.8 Å². The maximum absolute atomic E-state index is 14.6. The Balaban J connectivity index is 0.989. The van der Waals surface area contributed by atoms with Gasteiger partial charge in [0.05, 0.1) is 33.9 Å². The second kappa shape index (κ2) is 21.5. The summed E-state index contributed by atoms with van der Waals surface area (Å²) in [5.41, 5.74) is 4.65. The first-order valence-corrected chi connectivity index (χ1v) is 24.6. The quantitative estimate of drug-likeness (QED) is 0.0723. The van der Waals surface area contributed by atoms with Crippen LogP contribution in [0, 0.1) is 11.8 Å². The lowest BCUT2D eigenvalue weighted by Gasteiger charge is -2.51. The molecule has 3 aliphatic rings. The highest BCUT2D eigenvalue weighted by atomic mass is 35.5. The van der Waals surface area contributed by atoms with Crippen LogP contribution in [-0.4, -0.2) is 68.5 Å². The molecule has 3 atom stereocenters. The maximum atomic E-state index is 14.6. The lowest BCUT2D eigenvalue weighted by molar-refractivity contribution is -0.174. The molecule has 3 aliphatic carbocycles. The lowest BCUT2D eigenvalue weighted by atomic mass is 9.59. The van der Waals surface area contributed by atoms with Crippen molar-refractivity contribution in [3.8, 4) is 28.4 Å². The lowest BCUT2D eigenvalue weighted by Crippen LogP contribution is -2.63. The van der Waals surface area contributed by atoms with Crippen molar-refractivity contribution in [3.05, 3.63) is 136 Å². The Bertz CT molecular complexity index is 2670. The summed E-state index contributed by atoms with van der Waals surface area (Å²) < 4.78 is 67.1. The Hall–Kier alpha value is -6.08. The Morgan fingerprint density at radius 3 is 2.39 bits per heavy atom. The number of nitrogens with zero attached hydrogens (tertiary/aromatic N) is 2. The summed E-state index contributed by atoms with van der Waals surface area (Å²) in [5, 5.41) is 3.13. The summed E-state index contributed by atoms with van der Waals surface area (Å²) in [6.45, 7) is 5.57. The van der Waals surface area contributed by atoms with E-state index in [0.29, 0.717) is 62.0 Å².